The zero-order chi connectivity index (χ0) is 13.2. The van der Waals surface area contributed by atoms with Crippen molar-refractivity contribution >= 4 is 0 Å². The standard InChI is InChI=1S/C15H23N3O/c1-10-8-12(9-19-10)15(18-16)13-6-2-4-11-5-3-7-17-14(11)13/h3,5,7,10,12-13,15,18H,2,4,6,8-9,16H2,1H3. The summed E-state index contributed by atoms with van der Waals surface area (Å²) in [5, 5.41) is 0. The van der Waals surface area contributed by atoms with Crippen LogP contribution in [0.25, 0.3) is 0 Å². The van der Waals surface area contributed by atoms with E-state index in [1.807, 2.05) is 12.3 Å². The Morgan fingerprint density at radius 2 is 2.42 bits per heavy atom. The van der Waals surface area contributed by atoms with Crippen LogP contribution in [0.4, 0.5) is 0 Å². The van der Waals surface area contributed by atoms with Gasteiger partial charge in [0.15, 0.2) is 0 Å². The average molecular weight is 261 g/mol. The van der Waals surface area contributed by atoms with Crippen molar-refractivity contribution in [2.45, 2.75) is 50.7 Å². The lowest BCUT2D eigenvalue weighted by Crippen LogP contribution is -2.46. The molecule has 0 spiro atoms. The normalized spacial score (nSPS) is 32.0. The fourth-order valence-electron chi connectivity index (χ4n) is 3.68. The molecular formula is C15H23N3O. The van der Waals surface area contributed by atoms with E-state index in [0.29, 0.717) is 17.9 Å². The number of nitrogens with one attached hydrogen (secondary N) is 1. The van der Waals surface area contributed by atoms with E-state index in [2.05, 4.69) is 23.4 Å². The first-order valence-corrected chi connectivity index (χ1v) is 7.31. The van der Waals surface area contributed by atoms with Gasteiger partial charge in [0.25, 0.3) is 0 Å². The molecule has 4 unspecified atom stereocenters. The molecule has 3 rings (SSSR count). The number of aromatic nitrogens is 1. The molecule has 0 saturated carbocycles. The molecule has 1 aliphatic heterocycles. The molecule has 19 heavy (non-hydrogen) atoms. The Kier molecular flexibility index (Phi) is 3.82. The van der Waals surface area contributed by atoms with Crippen molar-refractivity contribution in [1.82, 2.24) is 10.4 Å². The van der Waals surface area contributed by atoms with Gasteiger partial charge in [-0.25, -0.2) is 0 Å². The smallest absolute Gasteiger partial charge is 0.0551 e. The van der Waals surface area contributed by atoms with E-state index in [4.69, 9.17) is 10.6 Å². The number of fused-ring (bicyclic) bond motifs is 1. The van der Waals surface area contributed by atoms with Gasteiger partial charge in [-0.2, -0.15) is 0 Å². The van der Waals surface area contributed by atoms with Gasteiger partial charge in [0.2, 0.25) is 0 Å². The summed E-state index contributed by atoms with van der Waals surface area (Å²) in [6.45, 7) is 2.95. The quantitative estimate of drug-likeness (QED) is 0.643. The van der Waals surface area contributed by atoms with Crippen molar-refractivity contribution < 1.29 is 4.74 Å². The molecule has 4 heteroatoms. The molecule has 1 aromatic heterocycles. The fraction of sp³-hybridized carbons (Fsp3) is 0.667. The van der Waals surface area contributed by atoms with Gasteiger partial charge in [-0.1, -0.05) is 6.07 Å². The van der Waals surface area contributed by atoms with E-state index in [1.54, 1.807) is 0 Å². The Morgan fingerprint density at radius 3 is 3.16 bits per heavy atom. The Morgan fingerprint density at radius 1 is 1.53 bits per heavy atom. The summed E-state index contributed by atoms with van der Waals surface area (Å²) in [5.74, 6) is 6.78. The molecule has 1 saturated heterocycles. The van der Waals surface area contributed by atoms with Crippen LogP contribution in [-0.2, 0) is 11.2 Å². The third-order valence-corrected chi connectivity index (χ3v) is 4.60. The van der Waals surface area contributed by atoms with Crippen LogP contribution < -0.4 is 11.3 Å². The maximum Gasteiger partial charge on any atom is 0.0551 e. The van der Waals surface area contributed by atoms with Crippen LogP contribution in [0.3, 0.4) is 0 Å². The highest BCUT2D eigenvalue weighted by atomic mass is 16.5. The first kappa shape index (κ1) is 13.0. The maximum atomic E-state index is 5.85. The fourth-order valence-corrected chi connectivity index (χ4v) is 3.68. The van der Waals surface area contributed by atoms with Crippen molar-refractivity contribution in [2.75, 3.05) is 6.61 Å². The highest BCUT2D eigenvalue weighted by Crippen LogP contribution is 2.37. The van der Waals surface area contributed by atoms with Crippen LogP contribution in [0.1, 0.15) is 43.4 Å². The summed E-state index contributed by atoms with van der Waals surface area (Å²) in [7, 11) is 0. The molecule has 0 bridgehead atoms. The predicted molar refractivity (Wildman–Crippen MR) is 74.5 cm³/mol. The summed E-state index contributed by atoms with van der Waals surface area (Å²) in [6.07, 6.45) is 6.89. The van der Waals surface area contributed by atoms with Crippen molar-refractivity contribution in [3.05, 3.63) is 29.6 Å². The maximum absolute atomic E-state index is 5.85. The minimum Gasteiger partial charge on any atom is -0.378 e. The molecule has 4 atom stereocenters. The monoisotopic (exact) mass is 261 g/mol. The number of aryl methyl sites for hydroxylation is 1. The summed E-state index contributed by atoms with van der Waals surface area (Å²) >= 11 is 0. The number of rotatable bonds is 3. The number of hydrogen-bond donors (Lipinski definition) is 2. The van der Waals surface area contributed by atoms with Gasteiger partial charge in [0.1, 0.15) is 0 Å². The van der Waals surface area contributed by atoms with Gasteiger partial charge in [-0.15, -0.1) is 0 Å². The van der Waals surface area contributed by atoms with E-state index in [0.717, 1.165) is 19.4 Å². The molecule has 2 aliphatic rings. The Balaban J connectivity index is 1.84. The van der Waals surface area contributed by atoms with Crippen LogP contribution in [0.5, 0.6) is 0 Å². The number of nitrogens with two attached hydrogens (primary N) is 1. The van der Waals surface area contributed by atoms with Crippen LogP contribution in [0, 0.1) is 5.92 Å². The van der Waals surface area contributed by atoms with E-state index < -0.39 is 0 Å². The van der Waals surface area contributed by atoms with E-state index in [9.17, 15) is 0 Å². The average Bonchev–Trinajstić information content (AvgIpc) is 2.86. The number of pyridine rings is 1. The minimum absolute atomic E-state index is 0.277. The third kappa shape index (κ3) is 2.53. The third-order valence-electron chi connectivity index (χ3n) is 4.60. The molecule has 3 N–H and O–H groups in total. The molecule has 2 heterocycles. The zero-order valence-electron chi connectivity index (χ0n) is 11.5. The molecule has 0 amide bonds. The van der Waals surface area contributed by atoms with Crippen LogP contribution in [0.15, 0.2) is 18.3 Å². The summed E-state index contributed by atoms with van der Waals surface area (Å²) in [6, 6.07) is 4.52. The van der Waals surface area contributed by atoms with E-state index in [-0.39, 0.29) is 6.04 Å². The lowest BCUT2D eigenvalue weighted by atomic mass is 9.77. The molecule has 0 radical (unpaired) electrons. The summed E-state index contributed by atoms with van der Waals surface area (Å²) < 4.78 is 5.71. The molecule has 0 aromatic carbocycles. The first-order valence-electron chi connectivity index (χ1n) is 7.31. The Labute approximate surface area is 114 Å². The minimum atomic E-state index is 0.277. The largest absolute Gasteiger partial charge is 0.378 e. The lowest BCUT2D eigenvalue weighted by Gasteiger charge is -2.34. The van der Waals surface area contributed by atoms with Crippen LogP contribution in [0.2, 0.25) is 0 Å². The number of nitrogens with zero attached hydrogens (tertiary/aromatic N) is 1. The number of hydrazine groups is 1. The second-order valence-corrected chi connectivity index (χ2v) is 5.88. The SMILES string of the molecule is CC1CC(C(NN)C2CCCc3cccnc32)CO1. The van der Waals surface area contributed by atoms with E-state index in [1.165, 1.54) is 24.1 Å². The van der Waals surface area contributed by atoms with Crippen molar-refractivity contribution in [3.63, 3.8) is 0 Å². The topological polar surface area (TPSA) is 60.2 Å². The van der Waals surface area contributed by atoms with Crippen molar-refractivity contribution in [1.29, 1.82) is 0 Å². The Hall–Kier alpha value is -0.970. The lowest BCUT2D eigenvalue weighted by molar-refractivity contribution is 0.115. The highest BCUT2D eigenvalue weighted by Gasteiger charge is 2.37. The summed E-state index contributed by atoms with van der Waals surface area (Å²) in [5.41, 5.74) is 5.70. The summed E-state index contributed by atoms with van der Waals surface area (Å²) in [4.78, 5) is 4.62. The number of hydrogen-bond acceptors (Lipinski definition) is 4. The molecule has 1 aliphatic carbocycles. The molecular weight excluding hydrogens is 238 g/mol. The Bertz CT molecular complexity index is 437. The molecule has 104 valence electrons. The molecule has 4 nitrogen and oxygen atoms in total. The van der Waals surface area contributed by atoms with Gasteiger partial charge < -0.3 is 4.74 Å². The zero-order valence-corrected chi connectivity index (χ0v) is 11.5. The second-order valence-electron chi connectivity index (χ2n) is 5.88. The second kappa shape index (κ2) is 5.57. The van der Waals surface area contributed by atoms with Crippen LogP contribution in [-0.4, -0.2) is 23.7 Å². The van der Waals surface area contributed by atoms with Crippen LogP contribution >= 0.6 is 0 Å². The van der Waals surface area contributed by atoms with Crippen molar-refractivity contribution in [2.24, 2.45) is 11.8 Å². The van der Waals surface area contributed by atoms with Gasteiger partial charge in [0.05, 0.1) is 12.7 Å². The van der Waals surface area contributed by atoms with Gasteiger partial charge in [0, 0.05) is 29.8 Å². The predicted octanol–water partition coefficient (Wildman–Crippen LogP) is 1.76. The van der Waals surface area contributed by atoms with E-state index >= 15 is 0 Å². The van der Waals surface area contributed by atoms with Gasteiger partial charge >= 0.3 is 0 Å². The molecule has 1 fully saturated rings. The number of ether oxygens (including phenoxy) is 1. The first-order chi connectivity index (χ1) is 9.29. The van der Waals surface area contributed by atoms with Crippen molar-refractivity contribution in [3.8, 4) is 0 Å². The highest BCUT2D eigenvalue weighted by molar-refractivity contribution is 5.27. The van der Waals surface area contributed by atoms with Gasteiger partial charge in [-0.05, 0) is 44.2 Å². The molecule has 1 aromatic rings. The van der Waals surface area contributed by atoms with Gasteiger partial charge in [-0.3, -0.25) is 16.3 Å².